The lowest BCUT2D eigenvalue weighted by Crippen LogP contribution is -2.48. The maximum Gasteiger partial charge on any atom is 0.416 e. The molecule has 214 valence electrons. The van der Waals surface area contributed by atoms with Gasteiger partial charge in [0.1, 0.15) is 5.60 Å². The Bertz CT molecular complexity index is 1140. The van der Waals surface area contributed by atoms with Crippen LogP contribution in [-0.4, -0.2) is 41.5 Å². The molecular weight excluding hydrogens is 552 g/mol. The summed E-state index contributed by atoms with van der Waals surface area (Å²) in [5, 5.41) is -1.27. The van der Waals surface area contributed by atoms with E-state index in [1.165, 1.54) is 4.90 Å². The Kier molecular flexibility index (Phi) is 8.96. The number of carbonyl (C=O) groups excluding carboxylic acids is 2. The third-order valence-electron chi connectivity index (χ3n) is 6.40. The molecule has 1 atom stereocenters. The number of carbonyl (C=O) groups is 2. The van der Waals surface area contributed by atoms with Crippen molar-refractivity contribution in [3.8, 4) is 0 Å². The van der Waals surface area contributed by atoms with Crippen LogP contribution in [0.3, 0.4) is 0 Å². The van der Waals surface area contributed by atoms with Crippen molar-refractivity contribution in [2.45, 2.75) is 63.1 Å². The standard InChI is InChI=1S/C27H28ClF6NO4/c1-24(2,3)39-23(37)35-11-9-25(10-12-35,18-7-5-4-6-8-18)16-38-21(22(28)36)17-13-19(26(29,30)31)15-20(14-17)27(32,33)34/h4-8,13-15,21H,9-12,16H2,1-3H3. The average Bonchev–Trinajstić information content (AvgIpc) is 2.82. The molecule has 0 N–H and O–H groups in total. The van der Waals surface area contributed by atoms with Gasteiger partial charge in [0.2, 0.25) is 0 Å². The van der Waals surface area contributed by atoms with Crippen LogP contribution in [0.5, 0.6) is 0 Å². The van der Waals surface area contributed by atoms with E-state index in [1.807, 2.05) is 0 Å². The van der Waals surface area contributed by atoms with Gasteiger partial charge in [0, 0.05) is 18.5 Å². The van der Waals surface area contributed by atoms with Crippen LogP contribution in [0.25, 0.3) is 0 Å². The van der Waals surface area contributed by atoms with Crippen LogP contribution in [0, 0.1) is 0 Å². The zero-order valence-corrected chi connectivity index (χ0v) is 22.2. The Labute approximate surface area is 227 Å². The van der Waals surface area contributed by atoms with Crippen molar-refractivity contribution < 1.29 is 45.4 Å². The predicted octanol–water partition coefficient (Wildman–Crippen LogP) is 7.52. The zero-order valence-electron chi connectivity index (χ0n) is 21.5. The first-order chi connectivity index (χ1) is 17.9. The van der Waals surface area contributed by atoms with E-state index in [1.54, 1.807) is 51.1 Å². The van der Waals surface area contributed by atoms with E-state index in [4.69, 9.17) is 21.1 Å². The smallest absolute Gasteiger partial charge is 0.416 e. The van der Waals surface area contributed by atoms with Gasteiger partial charge in [-0.2, -0.15) is 26.3 Å². The van der Waals surface area contributed by atoms with Gasteiger partial charge in [-0.05, 0) is 74.5 Å². The third kappa shape index (κ3) is 7.88. The number of ether oxygens (including phenoxy) is 2. The lowest BCUT2D eigenvalue weighted by molar-refractivity contribution is -0.143. The minimum atomic E-state index is -5.10. The fraction of sp³-hybridized carbons (Fsp3) is 0.481. The number of piperidine rings is 1. The molecule has 1 aliphatic rings. The van der Waals surface area contributed by atoms with Crippen LogP contribution < -0.4 is 0 Å². The SMILES string of the molecule is CC(C)(C)OC(=O)N1CCC(COC(C(=O)Cl)c2cc(C(F)(F)F)cc(C(F)(F)F)c2)(c2ccccc2)CC1. The van der Waals surface area contributed by atoms with Crippen LogP contribution in [0.4, 0.5) is 31.1 Å². The fourth-order valence-electron chi connectivity index (χ4n) is 4.42. The molecule has 0 spiro atoms. The molecule has 1 saturated heterocycles. The Hall–Kier alpha value is -2.79. The Morgan fingerprint density at radius 2 is 1.44 bits per heavy atom. The van der Waals surface area contributed by atoms with Gasteiger partial charge in [0.25, 0.3) is 5.24 Å². The number of benzene rings is 2. The molecule has 2 aromatic rings. The van der Waals surface area contributed by atoms with E-state index in [9.17, 15) is 35.9 Å². The first-order valence-corrected chi connectivity index (χ1v) is 12.4. The lowest BCUT2D eigenvalue weighted by atomic mass is 9.73. The molecule has 1 unspecified atom stereocenters. The van der Waals surface area contributed by atoms with E-state index in [2.05, 4.69) is 0 Å². The normalized spacial score (nSPS) is 17.0. The van der Waals surface area contributed by atoms with Crippen molar-refractivity contribution >= 4 is 22.9 Å². The number of alkyl halides is 6. The molecule has 0 aromatic heterocycles. The summed E-state index contributed by atoms with van der Waals surface area (Å²) in [7, 11) is 0. The number of amides is 1. The van der Waals surface area contributed by atoms with Crippen LogP contribution >= 0.6 is 11.6 Å². The molecule has 1 fully saturated rings. The number of nitrogens with zero attached hydrogens (tertiary/aromatic N) is 1. The van der Waals surface area contributed by atoms with Gasteiger partial charge in [0.05, 0.1) is 17.7 Å². The molecule has 0 aliphatic carbocycles. The summed E-state index contributed by atoms with van der Waals surface area (Å²) in [5.41, 5.74) is -4.56. The van der Waals surface area contributed by atoms with Crippen molar-refractivity contribution in [2.75, 3.05) is 19.7 Å². The summed E-state index contributed by atoms with van der Waals surface area (Å²) < 4.78 is 91.5. The third-order valence-corrected chi connectivity index (χ3v) is 6.60. The second-order valence-electron chi connectivity index (χ2n) is 10.4. The summed E-state index contributed by atoms with van der Waals surface area (Å²) in [6, 6.07) is 9.75. The second-order valence-corrected chi connectivity index (χ2v) is 10.8. The van der Waals surface area contributed by atoms with Gasteiger partial charge in [0.15, 0.2) is 6.10 Å². The van der Waals surface area contributed by atoms with E-state index in [0.717, 1.165) is 5.56 Å². The van der Waals surface area contributed by atoms with Gasteiger partial charge in [-0.1, -0.05) is 30.3 Å². The Balaban J connectivity index is 1.92. The molecule has 0 saturated carbocycles. The maximum atomic E-state index is 13.4. The van der Waals surface area contributed by atoms with Crippen molar-refractivity contribution in [3.05, 3.63) is 70.8 Å². The molecule has 2 aromatic carbocycles. The Morgan fingerprint density at radius 3 is 1.87 bits per heavy atom. The largest absolute Gasteiger partial charge is 0.444 e. The molecule has 39 heavy (non-hydrogen) atoms. The first kappa shape index (κ1) is 30.7. The summed E-state index contributed by atoms with van der Waals surface area (Å²) in [6.07, 6.45) is -11.9. The fourth-order valence-corrected chi connectivity index (χ4v) is 4.61. The van der Waals surface area contributed by atoms with Crippen molar-refractivity contribution in [3.63, 3.8) is 0 Å². The molecule has 0 bridgehead atoms. The molecule has 3 rings (SSSR count). The molecular formula is C27H28ClF6NO4. The number of hydrogen-bond acceptors (Lipinski definition) is 4. The van der Waals surface area contributed by atoms with Crippen LogP contribution in [0.2, 0.25) is 0 Å². The molecule has 12 heteroatoms. The van der Waals surface area contributed by atoms with E-state index >= 15 is 0 Å². The highest BCUT2D eigenvalue weighted by atomic mass is 35.5. The molecule has 0 radical (unpaired) electrons. The molecule has 1 heterocycles. The minimum Gasteiger partial charge on any atom is -0.444 e. The van der Waals surface area contributed by atoms with Gasteiger partial charge < -0.3 is 14.4 Å². The van der Waals surface area contributed by atoms with Crippen molar-refractivity contribution in [2.24, 2.45) is 0 Å². The quantitative estimate of drug-likeness (QED) is 0.262. The van der Waals surface area contributed by atoms with Crippen molar-refractivity contribution in [1.29, 1.82) is 0 Å². The van der Waals surface area contributed by atoms with Gasteiger partial charge in [-0.3, -0.25) is 4.79 Å². The average molecular weight is 580 g/mol. The van der Waals surface area contributed by atoms with E-state index in [0.29, 0.717) is 25.0 Å². The highest BCUT2D eigenvalue weighted by molar-refractivity contribution is 6.64. The van der Waals surface area contributed by atoms with Crippen LogP contribution in [0.15, 0.2) is 48.5 Å². The maximum absolute atomic E-state index is 13.4. The number of halogens is 7. The number of hydrogen-bond donors (Lipinski definition) is 0. The monoisotopic (exact) mass is 579 g/mol. The van der Waals surface area contributed by atoms with Crippen LogP contribution in [0.1, 0.15) is 62.0 Å². The minimum absolute atomic E-state index is 0.0306. The number of rotatable bonds is 6. The second kappa shape index (κ2) is 11.4. The Morgan fingerprint density at radius 1 is 0.923 bits per heavy atom. The first-order valence-electron chi connectivity index (χ1n) is 12.1. The highest BCUT2D eigenvalue weighted by Gasteiger charge is 2.42. The van der Waals surface area contributed by atoms with Gasteiger partial charge >= 0.3 is 18.4 Å². The van der Waals surface area contributed by atoms with Crippen LogP contribution in [-0.2, 0) is 32.0 Å². The topological polar surface area (TPSA) is 55.8 Å². The summed E-state index contributed by atoms with van der Waals surface area (Å²) in [5.74, 6) is 0. The molecule has 1 aliphatic heterocycles. The molecule has 1 amide bonds. The lowest BCUT2D eigenvalue weighted by Gasteiger charge is -2.42. The summed E-state index contributed by atoms with van der Waals surface area (Å²) in [4.78, 5) is 26.3. The highest BCUT2D eigenvalue weighted by Crippen LogP contribution is 2.41. The number of likely N-dealkylation sites (tertiary alicyclic amines) is 1. The summed E-state index contributed by atoms with van der Waals surface area (Å²) in [6.45, 7) is 5.44. The van der Waals surface area contributed by atoms with Crippen molar-refractivity contribution in [1.82, 2.24) is 4.90 Å². The van der Waals surface area contributed by atoms with E-state index < -0.39 is 57.5 Å². The van der Waals surface area contributed by atoms with Gasteiger partial charge in [-0.15, -0.1) is 0 Å². The molecule has 5 nitrogen and oxygen atoms in total. The summed E-state index contributed by atoms with van der Waals surface area (Å²) >= 11 is 5.65. The van der Waals surface area contributed by atoms with E-state index in [-0.39, 0.29) is 25.8 Å². The zero-order chi connectivity index (χ0) is 29.2. The predicted molar refractivity (Wildman–Crippen MR) is 131 cm³/mol. The van der Waals surface area contributed by atoms with Gasteiger partial charge in [-0.25, -0.2) is 4.79 Å².